The van der Waals surface area contributed by atoms with Gasteiger partial charge in [0.1, 0.15) is 5.52 Å². The lowest BCUT2D eigenvalue weighted by atomic mass is 10.1. The second kappa shape index (κ2) is 8.91. The molecule has 2 N–H and O–H groups in total. The molecule has 0 spiro atoms. The molecule has 5 rings (SSSR count). The maximum atomic E-state index is 5.80. The molecule has 3 aromatic rings. The Morgan fingerprint density at radius 2 is 1.90 bits per heavy atom. The predicted octanol–water partition coefficient (Wildman–Crippen LogP) is 1.93. The number of morpholine rings is 2. The van der Waals surface area contributed by atoms with E-state index >= 15 is 0 Å². The first-order chi connectivity index (χ1) is 14.9. The lowest BCUT2D eigenvalue weighted by Gasteiger charge is -2.28. The number of ether oxygens (including phenoxy) is 2. The molecule has 2 aliphatic heterocycles. The van der Waals surface area contributed by atoms with Gasteiger partial charge in [-0.15, -0.1) is 0 Å². The molecule has 2 aliphatic rings. The smallest absolute Gasteiger partial charge is 0.154 e. The van der Waals surface area contributed by atoms with Crippen LogP contribution in [-0.2, 0) is 9.47 Å². The number of nitrogens with zero attached hydrogens (tertiary/aromatic N) is 4. The molecular formula is C22H26N6O2. The Morgan fingerprint density at radius 1 is 1.07 bits per heavy atom. The molecule has 0 aliphatic carbocycles. The Balaban J connectivity index is 1.41. The average molecular weight is 406 g/mol. The number of rotatable bonds is 5. The number of nitrogens with one attached hydrogen (secondary N) is 2. The molecule has 1 atom stereocenters. The molecule has 1 aromatic carbocycles. The van der Waals surface area contributed by atoms with Gasteiger partial charge < -0.3 is 25.0 Å². The van der Waals surface area contributed by atoms with Gasteiger partial charge in [0.25, 0.3) is 0 Å². The molecule has 2 saturated heterocycles. The van der Waals surface area contributed by atoms with Crippen molar-refractivity contribution >= 4 is 22.5 Å². The minimum absolute atomic E-state index is 0.115. The lowest BCUT2D eigenvalue weighted by molar-refractivity contribution is 0.0372. The largest absolute Gasteiger partial charge is 0.378 e. The van der Waals surface area contributed by atoms with Crippen LogP contribution in [0.4, 0.5) is 11.5 Å². The molecule has 8 heteroatoms. The molecule has 0 unspecified atom stereocenters. The van der Waals surface area contributed by atoms with E-state index in [0.29, 0.717) is 6.54 Å². The maximum absolute atomic E-state index is 5.80. The Morgan fingerprint density at radius 3 is 2.70 bits per heavy atom. The van der Waals surface area contributed by atoms with Gasteiger partial charge in [-0.25, -0.2) is 9.97 Å². The van der Waals surface area contributed by atoms with Gasteiger partial charge in [0.2, 0.25) is 0 Å². The molecule has 8 nitrogen and oxygen atoms in total. The Hall–Kier alpha value is -2.81. The first kappa shape index (κ1) is 19.2. The predicted molar refractivity (Wildman–Crippen MR) is 117 cm³/mol. The highest BCUT2D eigenvalue weighted by atomic mass is 16.5. The van der Waals surface area contributed by atoms with E-state index in [1.54, 1.807) is 12.4 Å². The molecule has 0 amide bonds. The van der Waals surface area contributed by atoms with Crippen LogP contribution in [0.1, 0.15) is 0 Å². The standard InChI is InChI=1S/C22H26N6O2/c1-3-17(28-8-11-29-12-9-28)4-2-16(1)19-13-20-21(25-6-5-24-20)22(27-19)26-15-18-14-23-7-10-30-18/h1-6,13,18,23H,7-12,14-15H2,(H,26,27)/t18-/m1/s1. The fourth-order valence-electron chi connectivity index (χ4n) is 3.87. The van der Waals surface area contributed by atoms with Gasteiger partial charge in [-0.1, -0.05) is 12.1 Å². The first-order valence-corrected chi connectivity index (χ1v) is 10.5. The summed E-state index contributed by atoms with van der Waals surface area (Å²) in [6, 6.07) is 10.5. The summed E-state index contributed by atoms with van der Waals surface area (Å²) in [5.74, 6) is 0.738. The first-order valence-electron chi connectivity index (χ1n) is 10.5. The van der Waals surface area contributed by atoms with Crippen LogP contribution in [0.15, 0.2) is 42.7 Å². The van der Waals surface area contributed by atoms with Crippen LogP contribution < -0.4 is 15.5 Å². The average Bonchev–Trinajstić information content (AvgIpc) is 2.84. The summed E-state index contributed by atoms with van der Waals surface area (Å²) in [6.45, 7) is 6.55. The number of fused-ring (bicyclic) bond motifs is 1. The maximum Gasteiger partial charge on any atom is 0.154 e. The van der Waals surface area contributed by atoms with Crippen molar-refractivity contribution in [2.75, 3.05) is 62.8 Å². The molecule has 0 radical (unpaired) electrons. The summed E-state index contributed by atoms with van der Waals surface area (Å²) < 4.78 is 11.2. The van der Waals surface area contributed by atoms with E-state index in [1.165, 1.54) is 5.69 Å². The third kappa shape index (κ3) is 4.21. The molecule has 156 valence electrons. The van der Waals surface area contributed by atoms with E-state index in [0.717, 1.165) is 74.1 Å². The summed E-state index contributed by atoms with van der Waals surface area (Å²) in [4.78, 5) is 16.2. The summed E-state index contributed by atoms with van der Waals surface area (Å²) >= 11 is 0. The highest BCUT2D eigenvalue weighted by Gasteiger charge is 2.16. The molecule has 4 heterocycles. The number of anilines is 2. The normalized spacial score (nSPS) is 19.7. The topological polar surface area (TPSA) is 84.4 Å². The third-order valence-corrected chi connectivity index (χ3v) is 5.50. The second-order valence-corrected chi connectivity index (χ2v) is 7.50. The van der Waals surface area contributed by atoms with Crippen molar-refractivity contribution in [2.24, 2.45) is 0 Å². The van der Waals surface area contributed by atoms with Crippen molar-refractivity contribution in [1.29, 1.82) is 0 Å². The lowest BCUT2D eigenvalue weighted by Crippen LogP contribution is -2.42. The van der Waals surface area contributed by atoms with E-state index in [-0.39, 0.29) is 6.10 Å². The van der Waals surface area contributed by atoms with Gasteiger partial charge in [0.15, 0.2) is 5.82 Å². The summed E-state index contributed by atoms with van der Waals surface area (Å²) in [7, 11) is 0. The van der Waals surface area contributed by atoms with Gasteiger partial charge in [-0.05, 0) is 18.2 Å². The zero-order chi connectivity index (χ0) is 20.2. The van der Waals surface area contributed by atoms with Crippen LogP contribution in [-0.4, -0.2) is 73.6 Å². The third-order valence-electron chi connectivity index (χ3n) is 5.50. The van der Waals surface area contributed by atoms with Gasteiger partial charge in [-0.3, -0.25) is 4.98 Å². The summed E-state index contributed by atoms with van der Waals surface area (Å²) in [5.41, 5.74) is 4.74. The SMILES string of the molecule is c1cnc2c(NC[C@H]3CNCCO3)nc(-c3ccc(N4CCOCC4)cc3)cc2n1. The van der Waals surface area contributed by atoms with Crippen molar-refractivity contribution in [3.05, 3.63) is 42.7 Å². The van der Waals surface area contributed by atoms with Crippen LogP contribution in [0.25, 0.3) is 22.3 Å². The molecule has 2 aromatic heterocycles. The number of benzene rings is 1. The van der Waals surface area contributed by atoms with Crippen molar-refractivity contribution in [1.82, 2.24) is 20.3 Å². The van der Waals surface area contributed by atoms with Crippen LogP contribution in [0.5, 0.6) is 0 Å². The Kier molecular flexibility index (Phi) is 5.69. The molecule has 0 bridgehead atoms. The summed E-state index contributed by atoms with van der Waals surface area (Å²) in [6.07, 6.45) is 3.53. The van der Waals surface area contributed by atoms with Crippen molar-refractivity contribution in [3.63, 3.8) is 0 Å². The van der Waals surface area contributed by atoms with E-state index in [1.807, 2.05) is 6.07 Å². The number of hydrogen-bond acceptors (Lipinski definition) is 8. The minimum atomic E-state index is 0.115. The fraction of sp³-hybridized carbons (Fsp3) is 0.409. The number of aromatic nitrogens is 3. The zero-order valence-electron chi connectivity index (χ0n) is 16.9. The molecular weight excluding hydrogens is 380 g/mol. The van der Waals surface area contributed by atoms with Crippen molar-refractivity contribution < 1.29 is 9.47 Å². The van der Waals surface area contributed by atoms with E-state index < -0.39 is 0 Å². The second-order valence-electron chi connectivity index (χ2n) is 7.50. The molecule has 2 fully saturated rings. The molecule has 30 heavy (non-hydrogen) atoms. The van der Waals surface area contributed by atoms with E-state index in [4.69, 9.17) is 14.5 Å². The van der Waals surface area contributed by atoms with Crippen molar-refractivity contribution in [3.8, 4) is 11.3 Å². The van der Waals surface area contributed by atoms with Crippen LogP contribution in [0.3, 0.4) is 0 Å². The Bertz CT molecular complexity index is 985. The highest BCUT2D eigenvalue weighted by Crippen LogP contribution is 2.27. The van der Waals surface area contributed by atoms with Crippen molar-refractivity contribution in [2.45, 2.75) is 6.10 Å². The van der Waals surface area contributed by atoms with Gasteiger partial charge in [-0.2, -0.15) is 0 Å². The summed E-state index contributed by atoms with van der Waals surface area (Å²) in [5, 5.41) is 6.78. The Labute approximate surface area is 175 Å². The van der Waals surface area contributed by atoms with Crippen LogP contribution in [0.2, 0.25) is 0 Å². The zero-order valence-corrected chi connectivity index (χ0v) is 16.9. The van der Waals surface area contributed by atoms with Crippen LogP contribution >= 0.6 is 0 Å². The minimum Gasteiger partial charge on any atom is -0.378 e. The monoisotopic (exact) mass is 406 g/mol. The molecule has 0 saturated carbocycles. The fourth-order valence-corrected chi connectivity index (χ4v) is 3.87. The van der Waals surface area contributed by atoms with E-state index in [2.05, 4.69) is 49.8 Å². The van der Waals surface area contributed by atoms with Crippen LogP contribution in [0, 0.1) is 0 Å². The van der Waals surface area contributed by atoms with Gasteiger partial charge in [0.05, 0.1) is 37.1 Å². The van der Waals surface area contributed by atoms with Gasteiger partial charge in [0, 0.05) is 56.4 Å². The quantitative estimate of drug-likeness (QED) is 0.665. The highest BCUT2D eigenvalue weighted by molar-refractivity contribution is 5.88. The number of pyridine rings is 1. The number of hydrogen-bond donors (Lipinski definition) is 2. The van der Waals surface area contributed by atoms with Gasteiger partial charge >= 0.3 is 0 Å². The van der Waals surface area contributed by atoms with E-state index in [9.17, 15) is 0 Å².